The number of rotatable bonds is 6. The topological polar surface area (TPSA) is 44.5 Å². The lowest BCUT2D eigenvalue weighted by atomic mass is 10.1. The van der Waals surface area contributed by atoms with E-state index >= 15 is 0 Å². The highest BCUT2D eigenvalue weighted by molar-refractivity contribution is 5.43. The van der Waals surface area contributed by atoms with Crippen LogP contribution in [0.15, 0.2) is 18.2 Å². The van der Waals surface area contributed by atoms with Gasteiger partial charge in [0.1, 0.15) is 0 Å². The van der Waals surface area contributed by atoms with Crippen molar-refractivity contribution >= 4 is 0 Å². The lowest BCUT2D eigenvalue weighted by Gasteiger charge is -2.20. The first-order valence-corrected chi connectivity index (χ1v) is 7.96. The van der Waals surface area contributed by atoms with Crippen LogP contribution in [0.2, 0.25) is 0 Å². The largest absolute Gasteiger partial charge is 0.490 e. The summed E-state index contributed by atoms with van der Waals surface area (Å²) in [6.07, 6.45) is 8.79. The fourth-order valence-corrected chi connectivity index (χ4v) is 2.78. The summed E-state index contributed by atoms with van der Waals surface area (Å²) in [5.74, 6) is 1.75. The molecule has 1 aliphatic rings. The number of benzene rings is 1. The zero-order valence-corrected chi connectivity index (χ0v) is 12.6. The molecule has 1 aromatic carbocycles. The molecule has 0 amide bonds. The van der Waals surface area contributed by atoms with E-state index in [1.807, 2.05) is 13.0 Å². The zero-order valence-electron chi connectivity index (χ0n) is 12.6. The van der Waals surface area contributed by atoms with Crippen LogP contribution in [0.1, 0.15) is 51.0 Å². The maximum atomic E-state index is 6.20. The molecule has 2 rings (SSSR count). The minimum absolute atomic E-state index is 0.345. The monoisotopic (exact) mass is 277 g/mol. The highest BCUT2D eigenvalue weighted by atomic mass is 16.5. The Labute approximate surface area is 122 Å². The second kappa shape index (κ2) is 8.15. The smallest absolute Gasteiger partial charge is 0.161 e. The minimum Gasteiger partial charge on any atom is -0.490 e. The van der Waals surface area contributed by atoms with Gasteiger partial charge in [0.05, 0.1) is 12.7 Å². The van der Waals surface area contributed by atoms with Gasteiger partial charge in [0, 0.05) is 0 Å². The van der Waals surface area contributed by atoms with Gasteiger partial charge in [0.15, 0.2) is 11.5 Å². The van der Waals surface area contributed by atoms with E-state index < -0.39 is 0 Å². The van der Waals surface area contributed by atoms with E-state index in [0.29, 0.717) is 19.3 Å². The Morgan fingerprint density at radius 2 is 1.85 bits per heavy atom. The van der Waals surface area contributed by atoms with Crippen LogP contribution in [0.4, 0.5) is 0 Å². The van der Waals surface area contributed by atoms with E-state index in [2.05, 4.69) is 12.1 Å². The third-order valence-electron chi connectivity index (χ3n) is 3.84. The first-order valence-electron chi connectivity index (χ1n) is 7.96. The van der Waals surface area contributed by atoms with Crippen LogP contribution in [0.3, 0.4) is 0 Å². The van der Waals surface area contributed by atoms with E-state index in [-0.39, 0.29) is 0 Å². The van der Waals surface area contributed by atoms with Crippen LogP contribution in [0, 0.1) is 0 Å². The second-order valence-electron chi connectivity index (χ2n) is 5.48. The van der Waals surface area contributed by atoms with E-state index in [4.69, 9.17) is 15.2 Å². The Morgan fingerprint density at radius 3 is 2.50 bits per heavy atom. The lowest BCUT2D eigenvalue weighted by Crippen LogP contribution is -2.16. The van der Waals surface area contributed by atoms with Gasteiger partial charge in [0.2, 0.25) is 0 Å². The summed E-state index contributed by atoms with van der Waals surface area (Å²) in [6.45, 7) is 3.33. The van der Waals surface area contributed by atoms with Gasteiger partial charge in [-0.05, 0) is 63.3 Å². The molecule has 0 bridgehead atoms. The van der Waals surface area contributed by atoms with Crippen molar-refractivity contribution in [3.63, 3.8) is 0 Å². The van der Waals surface area contributed by atoms with Gasteiger partial charge in [0.25, 0.3) is 0 Å². The van der Waals surface area contributed by atoms with E-state index in [0.717, 1.165) is 30.8 Å². The average molecular weight is 277 g/mol. The molecule has 0 aromatic heterocycles. The SMILES string of the molecule is CCOc1cc(CCN)ccc1OC1CCCCCC1. The molecular weight excluding hydrogens is 250 g/mol. The Balaban J connectivity index is 2.08. The number of nitrogens with two attached hydrogens (primary N) is 1. The van der Waals surface area contributed by atoms with Crippen LogP contribution >= 0.6 is 0 Å². The summed E-state index contributed by atoms with van der Waals surface area (Å²) in [7, 11) is 0. The van der Waals surface area contributed by atoms with Gasteiger partial charge in [-0.2, -0.15) is 0 Å². The standard InChI is InChI=1S/C17H27NO2/c1-2-19-17-13-14(11-12-18)9-10-16(17)20-15-7-5-3-4-6-8-15/h9-10,13,15H,2-8,11-12,18H2,1H3. The van der Waals surface area contributed by atoms with Crippen molar-refractivity contribution in [3.05, 3.63) is 23.8 Å². The van der Waals surface area contributed by atoms with Crippen LogP contribution in [0.25, 0.3) is 0 Å². The number of ether oxygens (including phenoxy) is 2. The van der Waals surface area contributed by atoms with Crippen LogP contribution in [0.5, 0.6) is 11.5 Å². The molecule has 1 aliphatic carbocycles. The maximum Gasteiger partial charge on any atom is 0.161 e. The van der Waals surface area contributed by atoms with Crippen LogP contribution in [-0.4, -0.2) is 19.3 Å². The van der Waals surface area contributed by atoms with Crippen molar-refractivity contribution in [2.45, 2.75) is 58.0 Å². The molecular formula is C17H27NO2. The minimum atomic E-state index is 0.345. The van der Waals surface area contributed by atoms with Crippen molar-refractivity contribution in [2.75, 3.05) is 13.2 Å². The van der Waals surface area contributed by atoms with E-state index in [1.54, 1.807) is 0 Å². The summed E-state index contributed by atoms with van der Waals surface area (Å²) in [5.41, 5.74) is 6.83. The Bertz CT molecular complexity index is 398. The molecule has 1 saturated carbocycles. The van der Waals surface area contributed by atoms with Crippen molar-refractivity contribution < 1.29 is 9.47 Å². The van der Waals surface area contributed by atoms with Crippen molar-refractivity contribution in [2.24, 2.45) is 5.73 Å². The molecule has 0 saturated heterocycles. The van der Waals surface area contributed by atoms with Gasteiger partial charge < -0.3 is 15.2 Å². The zero-order chi connectivity index (χ0) is 14.2. The first-order chi connectivity index (χ1) is 9.83. The molecule has 2 N–H and O–H groups in total. The summed E-state index contributed by atoms with van der Waals surface area (Å²) in [4.78, 5) is 0. The highest BCUT2D eigenvalue weighted by Gasteiger charge is 2.16. The fourth-order valence-electron chi connectivity index (χ4n) is 2.78. The van der Waals surface area contributed by atoms with Gasteiger partial charge in [-0.3, -0.25) is 0 Å². The predicted octanol–water partition coefficient (Wildman–Crippen LogP) is 3.69. The van der Waals surface area contributed by atoms with Crippen LogP contribution in [-0.2, 0) is 6.42 Å². The van der Waals surface area contributed by atoms with Crippen molar-refractivity contribution in [1.29, 1.82) is 0 Å². The summed E-state index contributed by atoms with van der Waals surface area (Å²) in [5, 5.41) is 0. The Kier molecular flexibility index (Phi) is 6.19. The summed E-state index contributed by atoms with van der Waals surface area (Å²) < 4.78 is 11.9. The number of hydrogen-bond donors (Lipinski definition) is 1. The van der Waals surface area contributed by atoms with Gasteiger partial charge in [-0.25, -0.2) is 0 Å². The summed E-state index contributed by atoms with van der Waals surface area (Å²) in [6, 6.07) is 6.21. The molecule has 0 heterocycles. The van der Waals surface area contributed by atoms with Gasteiger partial charge >= 0.3 is 0 Å². The van der Waals surface area contributed by atoms with E-state index in [9.17, 15) is 0 Å². The van der Waals surface area contributed by atoms with Gasteiger partial charge in [-0.15, -0.1) is 0 Å². The van der Waals surface area contributed by atoms with Gasteiger partial charge in [-0.1, -0.05) is 18.9 Å². The molecule has 0 atom stereocenters. The predicted molar refractivity (Wildman–Crippen MR) is 82.5 cm³/mol. The molecule has 0 spiro atoms. The van der Waals surface area contributed by atoms with E-state index in [1.165, 1.54) is 31.2 Å². The third kappa shape index (κ3) is 4.41. The summed E-state index contributed by atoms with van der Waals surface area (Å²) >= 11 is 0. The Hall–Kier alpha value is -1.22. The molecule has 0 aliphatic heterocycles. The molecule has 20 heavy (non-hydrogen) atoms. The molecule has 0 unspecified atom stereocenters. The third-order valence-corrected chi connectivity index (χ3v) is 3.84. The van der Waals surface area contributed by atoms with Crippen LogP contribution < -0.4 is 15.2 Å². The number of hydrogen-bond acceptors (Lipinski definition) is 3. The maximum absolute atomic E-state index is 6.20. The Morgan fingerprint density at radius 1 is 1.10 bits per heavy atom. The lowest BCUT2D eigenvalue weighted by molar-refractivity contribution is 0.173. The highest BCUT2D eigenvalue weighted by Crippen LogP contribution is 2.32. The average Bonchev–Trinajstić information content (AvgIpc) is 2.71. The fraction of sp³-hybridized carbons (Fsp3) is 0.647. The molecule has 1 fully saturated rings. The normalized spacial score (nSPS) is 16.7. The van der Waals surface area contributed by atoms with Crippen molar-refractivity contribution in [3.8, 4) is 11.5 Å². The van der Waals surface area contributed by atoms with Crippen molar-refractivity contribution in [1.82, 2.24) is 0 Å². The molecule has 3 heteroatoms. The molecule has 3 nitrogen and oxygen atoms in total. The first kappa shape index (κ1) is 15.2. The quantitative estimate of drug-likeness (QED) is 0.807. The second-order valence-corrected chi connectivity index (χ2v) is 5.48. The molecule has 0 radical (unpaired) electrons. The molecule has 112 valence electrons. The molecule has 1 aromatic rings.